The van der Waals surface area contributed by atoms with Crippen molar-refractivity contribution in [3.05, 3.63) is 12.0 Å². The Labute approximate surface area is 116 Å². The Balaban J connectivity index is 2.39. The molecule has 0 radical (unpaired) electrons. The van der Waals surface area contributed by atoms with Crippen LogP contribution in [0.4, 0.5) is 5.82 Å². The van der Waals surface area contributed by atoms with Gasteiger partial charge in [-0.05, 0) is 21.0 Å². The minimum atomic E-state index is -0.912. The maximum Gasteiger partial charge on any atom is 0.323 e. The van der Waals surface area contributed by atoms with E-state index in [-0.39, 0.29) is 6.54 Å². The zero-order chi connectivity index (χ0) is 14.7. The molecule has 0 aliphatic rings. The van der Waals surface area contributed by atoms with Gasteiger partial charge < -0.3 is 19.4 Å². The van der Waals surface area contributed by atoms with Gasteiger partial charge >= 0.3 is 5.97 Å². The van der Waals surface area contributed by atoms with E-state index in [0.29, 0.717) is 35.7 Å². The topological polar surface area (TPSA) is 95.6 Å². The standard InChI is InChI=1S/C12H17N5O3/c1-8-10-11(13-7-14-12(10)20-15-8)17(6-9(18)19)5-4-16(2)3/h7H,4-6H2,1-3H3,(H,18,19). The second-order valence-electron chi connectivity index (χ2n) is 4.76. The van der Waals surface area contributed by atoms with Crippen molar-refractivity contribution in [3.8, 4) is 0 Å². The van der Waals surface area contributed by atoms with Crippen molar-refractivity contribution >= 4 is 22.9 Å². The fourth-order valence-electron chi connectivity index (χ4n) is 1.89. The van der Waals surface area contributed by atoms with Gasteiger partial charge in [-0.1, -0.05) is 5.16 Å². The Kier molecular flexibility index (Phi) is 4.14. The second-order valence-corrected chi connectivity index (χ2v) is 4.76. The van der Waals surface area contributed by atoms with Crippen molar-refractivity contribution < 1.29 is 14.4 Å². The Bertz CT molecular complexity index is 610. The summed E-state index contributed by atoms with van der Waals surface area (Å²) in [6, 6.07) is 0. The summed E-state index contributed by atoms with van der Waals surface area (Å²) < 4.78 is 5.08. The minimum Gasteiger partial charge on any atom is -0.480 e. The Morgan fingerprint density at radius 1 is 1.35 bits per heavy atom. The Morgan fingerprint density at radius 3 is 2.75 bits per heavy atom. The summed E-state index contributed by atoms with van der Waals surface area (Å²) in [5, 5.41) is 13.6. The molecule has 0 aromatic carbocycles. The number of carboxylic acids is 1. The number of aliphatic carboxylic acids is 1. The third-order valence-electron chi connectivity index (χ3n) is 2.87. The molecule has 8 heteroatoms. The minimum absolute atomic E-state index is 0.134. The fraction of sp³-hybridized carbons (Fsp3) is 0.500. The highest BCUT2D eigenvalue weighted by molar-refractivity contribution is 5.89. The Morgan fingerprint density at radius 2 is 2.10 bits per heavy atom. The molecule has 0 atom stereocenters. The summed E-state index contributed by atoms with van der Waals surface area (Å²) in [5.74, 6) is -0.373. The van der Waals surface area contributed by atoms with Crippen LogP contribution in [0.5, 0.6) is 0 Å². The molecule has 20 heavy (non-hydrogen) atoms. The van der Waals surface area contributed by atoms with Crippen molar-refractivity contribution in [1.82, 2.24) is 20.0 Å². The fourth-order valence-corrected chi connectivity index (χ4v) is 1.89. The molecule has 1 N–H and O–H groups in total. The van der Waals surface area contributed by atoms with Crippen LogP contribution in [0.3, 0.4) is 0 Å². The molecule has 0 fully saturated rings. The van der Waals surface area contributed by atoms with Crippen molar-refractivity contribution in [2.75, 3.05) is 38.6 Å². The molecule has 0 amide bonds. The quantitative estimate of drug-likeness (QED) is 0.810. The highest BCUT2D eigenvalue weighted by Crippen LogP contribution is 2.25. The second kappa shape index (κ2) is 5.83. The molecule has 0 aliphatic carbocycles. The van der Waals surface area contributed by atoms with E-state index in [1.54, 1.807) is 11.8 Å². The number of carbonyl (C=O) groups is 1. The van der Waals surface area contributed by atoms with Gasteiger partial charge in [0, 0.05) is 13.1 Å². The summed E-state index contributed by atoms with van der Waals surface area (Å²) in [6.45, 7) is 2.90. The van der Waals surface area contributed by atoms with Crippen LogP contribution in [-0.4, -0.2) is 64.8 Å². The van der Waals surface area contributed by atoms with E-state index in [1.165, 1.54) is 6.33 Å². The molecule has 0 spiro atoms. The van der Waals surface area contributed by atoms with Gasteiger partial charge in [0.15, 0.2) is 0 Å². The number of anilines is 1. The van der Waals surface area contributed by atoms with Crippen LogP contribution in [0.25, 0.3) is 11.1 Å². The first-order valence-electron chi connectivity index (χ1n) is 6.17. The lowest BCUT2D eigenvalue weighted by atomic mass is 10.2. The molecule has 0 saturated carbocycles. The lowest BCUT2D eigenvalue weighted by Crippen LogP contribution is -2.36. The molecule has 2 rings (SSSR count). The lowest BCUT2D eigenvalue weighted by Gasteiger charge is -2.23. The monoisotopic (exact) mass is 279 g/mol. The third-order valence-corrected chi connectivity index (χ3v) is 2.87. The molecule has 0 saturated heterocycles. The molecule has 2 aromatic heterocycles. The number of rotatable bonds is 6. The van der Waals surface area contributed by atoms with Crippen LogP contribution in [0.1, 0.15) is 5.69 Å². The predicted molar refractivity (Wildman–Crippen MR) is 72.7 cm³/mol. The lowest BCUT2D eigenvalue weighted by molar-refractivity contribution is -0.135. The predicted octanol–water partition coefficient (Wildman–Crippen LogP) is 0.379. The van der Waals surface area contributed by atoms with Gasteiger partial charge in [-0.25, -0.2) is 4.98 Å². The highest BCUT2D eigenvalue weighted by Gasteiger charge is 2.19. The molecule has 2 aromatic rings. The van der Waals surface area contributed by atoms with Crippen LogP contribution in [-0.2, 0) is 4.79 Å². The average molecular weight is 279 g/mol. The maximum absolute atomic E-state index is 11.0. The van der Waals surface area contributed by atoms with Gasteiger partial charge in [-0.3, -0.25) is 4.79 Å². The van der Waals surface area contributed by atoms with Crippen molar-refractivity contribution in [1.29, 1.82) is 0 Å². The van der Waals surface area contributed by atoms with Gasteiger partial charge in [0.05, 0.1) is 5.69 Å². The highest BCUT2D eigenvalue weighted by atomic mass is 16.5. The number of hydrogen-bond donors (Lipinski definition) is 1. The number of hydrogen-bond acceptors (Lipinski definition) is 7. The number of fused-ring (bicyclic) bond motifs is 1. The molecule has 8 nitrogen and oxygen atoms in total. The first kappa shape index (κ1) is 14.2. The van der Waals surface area contributed by atoms with E-state index in [0.717, 1.165) is 0 Å². The smallest absolute Gasteiger partial charge is 0.323 e. The largest absolute Gasteiger partial charge is 0.480 e. The van der Waals surface area contributed by atoms with Gasteiger partial charge in [-0.2, -0.15) is 4.98 Å². The third kappa shape index (κ3) is 3.02. The normalized spacial score (nSPS) is 11.2. The SMILES string of the molecule is Cc1noc2ncnc(N(CCN(C)C)CC(=O)O)c12. The summed E-state index contributed by atoms with van der Waals surface area (Å²) in [6.07, 6.45) is 1.35. The van der Waals surface area contributed by atoms with Gasteiger partial charge in [0.2, 0.25) is 0 Å². The zero-order valence-corrected chi connectivity index (χ0v) is 11.7. The molecule has 0 bridgehead atoms. The summed E-state index contributed by atoms with van der Waals surface area (Å²) in [5.41, 5.74) is 1.02. The zero-order valence-electron chi connectivity index (χ0n) is 11.7. The van der Waals surface area contributed by atoms with Crippen molar-refractivity contribution in [3.63, 3.8) is 0 Å². The summed E-state index contributed by atoms with van der Waals surface area (Å²) >= 11 is 0. The average Bonchev–Trinajstić information content (AvgIpc) is 2.76. The number of likely N-dealkylation sites (N-methyl/N-ethyl adjacent to an activating group) is 1. The molecular formula is C12H17N5O3. The molecule has 0 unspecified atom stereocenters. The number of carboxylic acid groups (broad SMARTS) is 1. The van der Waals surface area contributed by atoms with E-state index in [2.05, 4.69) is 15.1 Å². The maximum atomic E-state index is 11.0. The van der Waals surface area contributed by atoms with Gasteiger partial charge in [0.1, 0.15) is 24.1 Å². The van der Waals surface area contributed by atoms with E-state index in [1.807, 2.05) is 19.0 Å². The van der Waals surface area contributed by atoms with E-state index >= 15 is 0 Å². The summed E-state index contributed by atoms with van der Waals surface area (Å²) in [4.78, 5) is 22.9. The van der Waals surface area contributed by atoms with E-state index < -0.39 is 5.97 Å². The number of aryl methyl sites for hydroxylation is 1. The van der Waals surface area contributed by atoms with Gasteiger partial charge in [0.25, 0.3) is 5.71 Å². The Hall–Kier alpha value is -2.22. The van der Waals surface area contributed by atoms with E-state index in [4.69, 9.17) is 9.63 Å². The molecule has 0 aliphatic heterocycles. The van der Waals surface area contributed by atoms with Crippen molar-refractivity contribution in [2.45, 2.75) is 6.92 Å². The molecular weight excluding hydrogens is 262 g/mol. The summed E-state index contributed by atoms with van der Waals surface area (Å²) in [7, 11) is 3.86. The molecule has 2 heterocycles. The molecule has 108 valence electrons. The van der Waals surface area contributed by atoms with Crippen LogP contribution in [0.2, 0.25) is 0 Å². The van der Waals surface area contributed by atoms with Crippen LogP contribution < -0.4 is 4.90 Å². The van der Waals surface area contributed by atoms with Crippen LogP contribution in [0.15, 0.2) is 10.9 Å². The van der Waals surface area contributed by atoms with Crippen LogP contribution >= 0.6 is 0 Å². The van der Waals surface area contributed by atoms with Crippen molar-refractivity contribution in [2.24, 2.45) is 0 Å². The van der Waals surface area contributed by atoms with E-state index in [9.17, 15) is 4.79 Å². The first-order chi connectivity index (χ1) is 9.49. The first-order valence-corrected chi connectivity index (χ1v) is 6.17. The van der Waals surface area contributed by atoms with Crippen LogP contribution in [0, 0.1) is 6.92 Å². The number of nitrogens with zero attached hydrogens (tertiary/aromatic N) is 5. The number of aromatic nitrogens is 3. The van der Waals surface area contributed by atoms with Gasteiger partial charge in [-0.15, -0.1) is 0 Å².